The van der Waals surface area contributed by atoms with Crippen molar-refractivity contribution < 1.29 is 46.4 Å². The first-order valence-corrected chi connectivity index (χ1v) is 18.1. The first-order valence-electron chi connectivity index (χ1n) is 14.1. The molecule has 0 aromatic carbocycles. The van der Waals surface area contributed by atoms with Crippen LogP contribution in [0.15, 0.2) is 12.3 Å². The molecule has 3 heterocycles. The smallest absolute Gasteiger partial charge is 0.418 e. The molecule has 0 aliphatic carbocycles. The van der Waals surface area contributed by atoms with Gasteiger partial charge in [0.1, 0.15) is 12.2 Å². The minimum atomic E-state index is -3.18. The van der Waals surface area contributed by atoms with Crippen molar-refractivity contribution in [2.45, 2.75) is 122 Å². The predicted molar refractivity (Wildman–Crippen MR) is 149 cm³/mol. The number of hydrogen-bond donors (Lipinski definition) is 0. The Balaban J connectivity index is 2.19. The van der Waals surface area contributed by atoms with E-state index in [9.17, 15) is 19.2 Å². The van der Waals surface area contributed by atoms with Gasteiger partial charge in [-0.05, 0) is 42.1 Å². The average molecular weight is 600 g/mol. The summed E-state index contributed by atoms with van der Waals surface area (Å²) in [6.45, 7) is 19.8. The van der Waals surface area contributed by atoms with Crippen molar-refractivity contribution in [1.29, 1.82) is 0 Å². The summed E-state index contributed by atoms with van der Waals surface area (Å²) in [6.07, 6.45) is -0.668. The summed E-state index contributed by atoms with van der Waals surface area (Å²) in [5.41, 5.74) is -1.53. The van der Waals surface area contributed by atoms with Gasteiger partial charge in [0, 0.05) is 6.20 Å². The summed E-state index contributed by atoms with van der Waals surface area (Å²) < 4.78 is 38.3. The van der Waals surface area contributed by atoms with Crippen LogP contribution in [0.4, 0.5) is 0 Å². The highest BCUT2D eigenvalue weighted by Crippen LogP contribution is 2.50. The quantitative estimate of drug-likeness (QED) is 0.184. The Kier molecular flexibility index (Phi) is 9.90. The number of ether oxygens (including phenoxy) is 3. The molecule has 0 saturated carbocycles. The van der Waals surface area contributed by atoms with E-state index < -0.39 is 59.0 Å². The maximum absolute atomic E-state index is 13.0. The van der Waals surface area contributed by atoms with Gasteiger partial charge in [0.05, 0.1) is 19.6 Å². The number of carbonyl (C=O) groups is 4. The maximum Gasteiger partial charge on any atom is 0.418 e. The first-order chi connectivity index (χ1) is 18.6. The second kappa shape index (κ2) is 12.1. The van der Waals surface area contributed by atoms with Crippen LogP contribution in [0.2, 0.25) is 22.2 Å². The van der Waals surface area contributed by atoms with E-state index in [1.165, 1.54) is 17.2 Å². The van der Waals surface area contributed by atoms with Crippen LogP contribution in [0, 0.1) is 0 Å². The molecule has 0 unspecified atom stereocenters. The van der Waals surface area contributed by atoms with Crippen LogP contribution in [0.5, 0.6) is 0 Å². The van der Waals surface area contributed by atoms with Gasteiger partial charge in [0.25, 0.3) is 0 Å². The standard InChI is InChI=1S/C27H45NO10Si2/c1-11-33-24(31)25(32)36-27(10)23-21(35-26(27)28-13-12-20(29)14-22(28)30)15-34-39(16(2)3,17(4)5)38-40(37-23,18(6)7)19(8)9/h12-13,16-19,21,23,26H,11,14-15H2,1-10H3/t21-,23-,26-,27-/m1/s1. The number of nitrogens with zero attached hydrogens (tertiary/aromatic N) is 1. The zero-order valence-electron chi connectivity index (χ0n) is 25.3. The van der Waals surface area contributed by atoms with Gasteiger partial charge < -0.3 is 27.2 Å². The highest BCUT2D eigenvalue weighted by molar-refractivity contribution is 6.84. The minimum Gasteiger partial charge on any atom is -0.458 e. The molecule has 2 saturated heterocycles. The lowest BCUT2D eigenvalue weighted by Crippen LogP contribution is -2.68. The number of allylic oxidation sites excluding steroid dienone is 1. The van der Waals surface area contributed by atoms with Gasteiger partial charge in [0.2, 0.25) is 5.91 Å². The predicted octanol–water partition coefficient (Wildman–Crippen LogP) is 3.85. The lowest BCUT2D eigenvalue weighted by atomic mass is 9.94. The number of esters is 2. The van der Waals surface area contributed by atoms with Crippen molar-refractivity contribution in [2.75, 3.05) is 13.2 Å². The molecule has 3 aliphatic heterocycles. The number of ketones is 1. The van der Waals surface area contributed by atoms with E-state index in [0.717, 1.165) is 0 Å². The Morgan fingerprint density at radius 2 is 1.57 bits per heavy atom. The largest absolute Gasteiger partial charge is 0.458 e. The Labute approximate surface area is 239 Å². The van der Waals surface area contributed by atoms with Crippen LogP contribution in [-0.4, -0.2) is 82.9 Å². The molecule has 2 fully saturated rings. The second-order valence-electron chi connectivity index (χ2n) is 12.1. The number of fused-ring (bicyclic) bond motifs is 1. The summed E-state index contributed by atoms with van der Waals surface area (Å²) in [6, 6.07) is 0. The maximum atomic E-state index is 13.0. The third-order valence-electron chi connectivity index (χ3n) is 8.06. The molecule has 4 atom stereocenters. The lowest BCUT2D eigenvalue weighted by Gasteiger charge is -2.52. The van der Waals surface area contributed by atoms with E-state index in [0.29, 0.717) is 0 Å². The van der Waals surface area contributed by atoms with Crippen LogP contribution in [0.25, 0.3) is 0 Å². The summed E-state index contributed by atoms with van der Waals surface area (Å²) in [4.78, 5) is 51.5. The van der Waals surface area contributed by atoms with Gasteiger partial charge in [-0.1, -0.05) is 55.4 Å². The normalized spacial score (nSPS) is 30.1. The molecule has 0 radical (unpaired) electrons. The Morgan fingerprint density at radius 3 is 2.08 bits per heavy atom. The fourth-order valence-electron chi connectivity index (χ4n) is 5.96. The van der Waals surface area contributed by atoms with E-state index >= 15 is 0 Å². The number of hydrogen-bond acceptors (Lipinski definition) is 10. The third-order valence-corrected chi connectivity index (χ3v) is 18.3. The molecule has 0 bridgehead atoms. The molecule has 0 aromatic rings. The van der Waals surface area contributed by atoms with Crippen molar-refractivity contribution in [3.8, 4) is 0 Å². The van der Waals surface area contributed by atoms with E-state index in [1.54, 1.807) is 13.8 Å². The van der Waals surface area contributed by atoms with E-state index in [4.69, 9.17) is 27.2 Å². The molecule has 11 nitrogen and oxygen atoms in total. The SMILES string of the molecule is CCOC(=O)C(=O)O[C@]1(C)[C@@H]2O[Si](C(C)C)(C(C)C)O[Si](C(C)C)(C(C)C)OC[C@H]2O[C@H]1N1C=CC(=O)CC1=O. The van der Waals surface area contributed by atoms with E-state index in [-0.39, 0.29) is 47.6 Å². The molecule has 40 heavy (non-hydrogen) atoms. The fourth-order valence-corrected chi connectivity index (χ4v) is 17.2. The molecule has 13 heteroatoms. The topological polar surface area (TPSA) is 127 Å². The van der Waals surface area contributed by atoms with Crippen LogP contribution in [-0.2, 0) is 46.4 Å². The zero-order chi connectivity index (χ0) is 30.2. The molecular formula is C27H45NO10Si2. The number of amides is 1. The van der Waals surface area contributed by atoms with Crippen molar-refractivity contribution >= 4 is 40.8 Å². The Bertz CT molecular complexity index is 1010. The van der Waals surface area contributed by atoms with Crippen molar-refractivity contribution in [2.24, 2.45) is 0 Å². The third kappa shape index (κ3) is 5.73. The van der Waals surface area contributed by atoms with Gasteiger partial charge in [-0.3, -0.25) is 14.5 Å². The fraction of sp³-hybridized carbons (Fsp3) is 0.778. The lowest BCUT2D eigenvalue weighted by molar-refractivity contribution is -0.194. The minimum absolute atomic E-state index is 0.0158. The Morgan fingerprint density at radius 1 is 1.00 bits per heavy atom. The van der Waals surface area contributed by atoms with Crippen LogP contribution < -0.4 is 0 Å². The van der Waals surface area contributed by atoms with Crippen molar-refractivity contribution in [3.05, 3.63) is 12.3 Å². The summed E-state index contributed by atoms with van der Waals surface area (Å²) in [7, 11) is -6.08. The molecule has 0 N–H and O–H groups in total. The van der Waals surface area contributed by atoms with Gasteiger partial charge in [0.15, 0.2) is 17.6 Å². The number of rotatable bonds is 7. The van der Waals surface area contributed by atoms with Crippen LogP contribution in [0.1, 0.15) is 75.7 Å². The van der Waals surface area contributed by atoms with Crippen molar-refractivity contribution in [3.63, 3.8) is 0 Å². The molecule has 226 valence electrons. The summed E-state index contributed by atoms with van der Waals surface area (Å²) in [5, 5.41) is 0. The molecule has 3 rings (SSSR count). The molecular weight excluding hydrogens is 554 g/mol. The van der Waals surface area contributed by atoms with Gasteiger partial charge >= 0.3 is 29.1 Å². The first kappa shape index (κ1) is 32.6. The second-order valence-corrected chi connectivity index (χ2v) is 20.9. The molecule has 0 aromatic heterocycles. The molecule has 0 spiro atoms. The van der Waals surface area contributed by atoms with E-state index in [2.05, 4.69) is 55.4 Å². The number of carbonyl (C=O) groups excluding carboxylic acids is 4. The highest BCUT2D eigenvalue weighted by atomic mass is 28.5. The summed E-state index contributed by atoms with van der Waals surface area (Å²) in [5.74, 6) is -3.27. The van der Waals surface area contributed by atoms with Gasteiger partial charge in [-0.25, -0.2) is 9.59 Å². The van der Waals surface area contributed by atoms with Crippen LogP contribution >= 0.6 is 0 Å². The molecule has 3 aliphatic rings. The van der Waals surface area contributed by atoms with Crippen molar-refractivity contribution in [1.82, 2.24) is 4.90 Å². The Hall–Kier alpha value is -1.91. The van der Waals surface area contributed by atoms with Gasteiger partial charge in [-0.15, -0.1) is 0 Å². The highest BCUT2D eigenvalue weighted by Gasteiger charge is 2.67. The van der Waals surface area contributed by atoms with Gasteiger partial charge in [-0.2, -0.15) is 0 Å². The van der Waals surface area contributed by atoms with E-state index in [1.807, 2.05) is 0 Å². The van der Waals surface area contributed by atoms with Crippen LogP contribution in [0.3, 0.4) is 0 Å². The zero-order valence-corrected chi connectivity index (χ0v) is 27.3. The molecule has 1 amide bonds. The monoisotopic (exact) mass is 599 g/mol. The average Bonchev–Trinajstić information content (AvgIpc) is 3.08. The summed E-state index contributed by atoms with van der Waals surface area (Å²) >= 11 is 0.